The third-order valence-electron chi connectivity index (χ3n) is 6.40. The Kier molecular flexibility index (Phi) is 6.11. The smallest absolute Gasteiger partial charge is 0.319 e. The second-order valence-corrected chi connectivity index (χ2v) is 12.1. The summed E-state index contributed by atoms with van der Waals surface area (Å²) in [6.07, 6.45) is 0.302. The number of amides is 2. The first kappa shape index (κ1) is 24.8. The van der Waals surface area contributed by atoms with Crippen LogP contribution in [0.15, 0.2) is 23.2 Å². The van der Waals surface area contributed by atoms with Crippen LogP contribution in [0, 0.1) is 0 Å². The van der Waals surface area contributed by atoms with Crippen LogP contribution in [0.4, 0.5) is 19.3 Å². The van der Waals surface area contributed by atoms with Crippen molar-refractivity contribution in [2.45, 2.75) is 36.6 Å². The summed E-state index contributed by atoms with van der Waals surface area (Å²) in [4.78, 5) is 17.7. The summed E-state index contributed by atoms with van der Waals surface area (Å²) in [6.45, 7) is 3.76. The molecule has 2 aliphatic rings. The van der Waals surface area contributed by atoms with Crippen molar-refractivity contribution in [3.8, 4) is 5.13 Å². The molecule has 1 aliphatic heterocycles. The van der Waals surface area contributed by atoms with Gasteiger partial charge < -0.3 is 14.7 Å². The molecule has 11 nitrogen and oxygen atoms in total. The van der Waals surface area contributed by atoms with E-state index < -0.39 is 27.0 Å². The van der Waals surface area contributed by atoms with Gasteiger partial charge in [-0.25, -0.2) is 31.4 Å². The second kappa shape index (κ2) is 8.88. The molecule has 2 amide bonds. The molecule has 36 heavy (non-hydrogen) atoms. The maximum atomic E-state index is 13.3. The van der Waals surface area contributed by atoms with Gasteiger partial charge in [0.15, 0.2) is 5.01 Å². The summed E-state index contributed by atoms with van der Waals surface area (Å²) in [5.74, 6) is 0. The molecule has 1 saturated carbocycles. The average molecular weight is 541 g/mol. The van der Waals surface area contributed by atoms with Crippen LogP contribution in [0.2, 0.25) is 0 Å². The standard InChI is InChI=1S/C21H26F2N8O3S2/c1-21(4-5-21)27-36(33,34)13-10-15(29-6-8-30(9-7-29)20(32)28(2)3)14-12-24-31(16(14)11-13)19-26-25-18(35-19)17(22)23/h10-12,17,27H,4-9H2,1-3H3. The normalized spacial score (nSPS) is 17.7. The molecule has 1 aliphatic carbocycles. The molecule has 2 fully saturated rings. The van der Waals surface area contributed by atoms with Crippen molar-refractivity contribution in [2.75, 3.05) is 45.2 Å². The van der Waals surface area contributed by atoms with Crippen LogP contribution in [0.3, 0.4) is 0 Å². The van der Waals surface area contributed by atoms with E-state index in [9.17, 15) is 22.0 Å². The lowest BCUT2D eigenvalue weighted by Gasteiger charge is -2.37. The number of halogens is 2. The first-order valence-corrected chi connectivity index (χ1v) is 13.7. The highest BCUT2D eigenvalue weighted by Gasteiger charge is 2.41. The fourth-order valence-electron chi connectivity index (χ4n) is 4.15. The predicted molar refractivity (Wildman–Crippen MR) is 130 cm³/mol. The number of carbonyl (C=O) groups is 1. The van der Waals surface area contributed by atoms with Crippen molar-refractivity contribution in [3.63, 3.8) is 0 Å². The molecule has 3 aromatic rings. The van der Waals surface area contributed by atoms with Gasteiger partial charge in [0.25, 0.3) is 6.43 Å². The van der Waals surface area contributed by atoms with Gasteiger partial charge in [-0.15, -0.1) is 10.2 Å². The average Bonchev–Trinajstić information content (AvgIpc) is 3.22. The zero-order valence-corrected chi connectivity index (χ0v) is 21.6. The molecule has 15 heteroatoms. The Bertz CT molecular complexity index is 1410. The summed E-state index contributed by atoms with van der Waals surface area (Å²) >= 11 is 0.695. The Morgan fingerprint density at radius 2 is 1.86 bits per heavy atom. The van der Waals surface area contributed by atoms with Gasteiger partial charge in [0.2, 0.25) is 15.2 Å². The van der Waals surface area contributed by atoms with E-state index >= 15 is 0 Å². The van der Waals surface area contributed by atoms with E-state index in [2.05, 4.69) is 20.0 Å². The van der Waals surface area contributed by atoms with Crippen molar-refractivity contribution in [3.05, 3.63) is 23.3 Å². The Balaban J connectivity index is 1.57. The van der Waals surface area contributed by atoms with Crippen molar-refractivity contribution in [2.24, 2.45) is 0 Å². The third-order valence-corrected chi connectivity index (χ3v) is 8.93. The van der Waals surface area contributed by atoms with Crippen LogP contribution in [0.5, 0.6) is 0 Å². The summed E-state index contributed by atoms with van der Waals surface area (Å²) in [6, 6.07) is 3.00. The number of fused-ring (bicyclic) bond motifs is 1. The van der Waals surface area contributed by atoms with E-state index in [-0.39, 0.29) is 16.1 Å². The first-order chi connectivity index (χ1) is 17.0. The SMILES string of the molecule is CN(C)C(=O)N1CCN(c2cc(S(=O)(=O)NC3(C)CC3)cc3c2cnn3-c2nnc(C(F)F)s2)CC1. The fraction of sp³-hybridized carbons (Fsp3) is 0.524. The van der Waals surface area contributed by atoms with E-state index in [0.29, 0.717) is 54.1 Å². The summed E-state index contributed by atoms with van der Waals surface area (Å²) in [5.41, 5.74) is 0.575. The van der Waals surface area contributed by atoms with Crippen LogP contribution in [-0.4, -0.2) is 90.0 Å². The van der Waals surface area contributed by atoms with Crippen molar-refractivity contribution in [1.29, 1.82) is 0 Å². The minimum absolute atomic E-state index is 0.0465. The van der Waals surface area contributed by atoms with Crippen LogP contribution in [0.1, 0.15) is 31.2 Å². The number of urea groups is 1. The van der Waals surface area contributed by atoms with Gasteiger partial charge in [-0.1, -0.05) is 11.3 Å². The molecular formula is C21H26F2N8O3S2. The molecule has 0 spiro atoms. The quantitative estimate of drug-likeness (QED) is 0.511. The topological polar surface area (TPSA) is 117 Å². The molecule has 0 unspecified atom stereocenters. The lowest BCUT2D eigenvalue weighted by atomic mass is 10.1. The van der Waals surface area contributed by atoms with Gasteiger partial charge in [0.05, 0.1) is 16.6 Å². The summed E-state index contributed by atoms with van der Waals surface area (Å²) in [7, 11) is -0.479. The number of hydrogen-bond acceptors (Lipinski definition) is 8. The maximum absolute atomic E-state index is 13.3. The zero-order chi connectivity index (χ0) is 25.8. The van der Waals surface area contributed by atoms with Gasteiger partial charge in [0.1, 0.15) is 0 Å². The van der Waals surface area contributed by atoms with Crippen LogP contribution in [-0.2, 0) is 10.0 Å². The van der Waals surface area contributed by atoms with Crippen molar-refractivity contribution >= 4 is 44.0 Å². The van der Waals surface area contributed by atoms with Gasteiger partial charge in [-0.05, 0) is 31.9 Å². The Morgan fingerprint density at radius 1 is 1.17 bits per heavy atom. The first-order valence-electron chi connectivity index (χ1n) is 11.4. The number of benzene rings is 1. The van der Waals surface area contributed by atoms with Crippen molar-refractivity contribution in [1.82, 2.24) is 34.5 Å². The minimum Gasteiger partial charge on any atom is -0.367 e. The molecule has 1 N–H and O–H groups in total. The number of nitrogens with zero attached hydrogens (tertiary/aromatic N) is 7. The molecular weight excluding hydrogens is 514 g/mol. The molecule has 2 aromatic heterocycles. The Morgan fingerprint density at radius 3 is 2.44 bits per heavy atom. The molecule has 1 aromatic carbocycles. The third kappa shape index (κ3) is 4.62. The number of alkyl halides is 2. The molecule has 3 heterocycles. The van der Waals surface area contributed by atoms with Gasteiger partial charge in [-0.3, -0.25) is 0 Å². The highest BCUT2D eigenvalue weighted by Crippen LogP contribution is 2.38. The van der Waals surface area contributed by atoms with Gasteiger partial charge in [-0.2, -0.15) is 5.10 Å². The molecule has 0 atom stereocenters. The molecule has 1 saturated heterocycles. The van der Waals surface area contributed by atoms with E-state index in [4.69, 9.17) is 0 Å². The van der Waals surface area contributed by atoms with Crippen LogP contribution >= 0.6 is 11.3 Å². The maximum Gasteiger partial charge on any atom is 0.319 e. The highest BCUT2D eigenvalue weighted by molar-refractivity contribution is 7.89. The minimum atomic E-state index is -3.87. The fourth-order valence-corrected chi connectivity index (χ4v) is 6.32. The molecule has 0 bridgehead atoms. The molecule has 5 rings (SSSR count). The zero-order valence-electron chi connectivity index (χ0n) is 20.0. The summed E-state index contributed by atoms with van der Waals surface area (Å²) < 4.78 is 56.9. The monoisotopic (exact) mass is 540 g/mol. The van der Waals surface area contributed by atoms with Crippen LogP contribution < -0.4 is 9.62 Å². The molecule has 0 radical (unpaired) electrons. The Labute approximate surface area is 210 Å². The Hall–Kier alpha value is -2.91. The largest absolute Gasteiger partial charge is 0.367 e. The van der Waals surface area contributed by atoms with E-state index in [1.807, 2.05) is 11.8 Å². The van der Waals surface area contributed by atoms with Gasteiger partial charge >= 0.3 is 6.03 Å². The number of carbonyl (C=O) groups excluding carboxylic acids is 1. The lowest BCUT2D eigenvalue weighted by molar-refractivity contribution is 0.150. The molecule has 194 valence electrons. The highest BCUT2D eigenvalue weighted by atomic mass is 32.2. The van der Waals surface area contributed by atoms with E-state index in [0.717, 1.165) is 12.8 Å². The number of rotatable bonds is 6. The number of sulfonamides is 1. The van der Waals surface area contributed by atoms with Gasteiger partial charge in [0, 0.05) is 56.9 Å². The van der Waals surface area contributed by atoms with E-state index in [1.54, 1.807) is 31.3 Å². The number of nitrogens with one attached hydrogen (secondary N) is 1. The van der Waals surface area contributed by atoms with Crippen LogP contribution in [0.25, 0.3) is 16.0 Å². The number of hydrogen-bond donors (Lipinski definition) is 1. The van der Waals surface area contributed by atoms with Crippen molar-refractivity contribution < 1.29 is 22.0 Å². The lowest BCUT2D eigenvalue weighted by Crippen LogP contribution is -2.51. The predicted octanol–water partition coefficient (Wildman–Crippen LogP) is 2.45. The number of aromatic nitrogens is 4. The summed E-state index contributed by atoms with van der Waals surface area (Å²) in [5, 5.41) is 12.0. The van der Waals surface area contributed by atoms with E-state index in [1.165, 1.54) is 15.6 Å². The second-order valence-electron chi connectivity index (χ2n) is 9.47. The number of anilines is 1. The number of piperazine rings is 1.